The first kappa shape index (κ1) is 7.06. The number of nitrogens with one attached hydrogen (secondary N) is 2. The van der Waals surface area contributed by atoms with Crippen LogP contribution in [0.3, 0.4) is 0 Å². The molecule has 0 saturated heterocycles. The molecular formula is C7H4N4OSe. The molecule has 2 aromatic heterocycles. The molecule has 0 unspecified atom stereocenters. The molecule has 0 atom stereocenters. The van der Waals surface area contributed by atoms with Crippen LogP contribution in [0.25, 0.3) is 22.1 Å². The van der Waals surface area contributed by atoms with Crippen LogP contribution in [0.15, 0.2) is 16.9 Å². The van der Waals surface area contributed by atoms with Crippen LogP contribution in [0.5, 0.6) is 0 Å². The summed E-state index contributed by atoms with van der Waals surface area (Å²) < 4.78 is 8.44. The second-order valence-electron chi connectivity index (χ2n) is 2.73. The molecule has 1 aromatic carbocycles. The van der Waals surface area contributed by atoms with Gasteiger partial charge in [-0.2, -0.15) is 0 Å². The van der Waals surface area contributed by atoms with Gasteiger partial charge in [0.25, 0.3) is 0 Å². The van der Waals surface area contributed by atoms with E-state index in [-0.39, 0.29) is 20.7 Å². The summed E-state index contributed by atoms with van der Waals surface area (Å²) in [5.74, 6) is 0. The molecule has 5 nitrogen and oxygen atoms in total. The number of fused-ring (bicyclic) bond motifs is 2. The first-order valence-corrected chi connectivity index (χ1v) is 5.20. The van der Waals surface area contributed by atoms with Crippen LogP contribution < -0.4 is 5.69 Å². The molecule has 0 spiro atoms. The first-order chi connectivity index (χ1) is 6.33. The van der Waals surface area contributed by atoms with E-state index in [0.717, 1.165) is 22.1 Å². The molecule has 0 aliphatic rings. The topological polar surface area (TPSA) is 74.4 Å². The molecule has 0 saturated carbocycles. The fraction of sp³-hybridized carbons (Fsp3) is 0. The van der Waals surface area contributed by atoms with E-state index in [1.165, 1.54) is 0 Å². The maximum atomic E-state index is 10.9. The number of imidazole rings is 1. The molecule has 0 radical (unpaired) electrons. The van der Waals surface area contributed by atoms with Crippen molar-refractivity contribution in [3.63, 3.8) is 0 Å². The van der Waals surface area contributed by atoms with Crippen molar-refractivity contribution in [2.75, 3.05) is 0 Å². The first-order valence-electron chi connectivity index (χ1n) is 3.67. The van der Waals surface area contributed by atoms with Crippen LogP contribution in [0.1, 0.15) is 0 Å². The minimum atomic E-state index is -0.191. The van der Waals surface area contributed by atoms with Gasteiger partial charge in [0, 0.05) is 0 Å². The van der Waals surface area contributed by atoms with Gasteiger partial charge in [0.1, 0.15) is 0 Å². The van der Waals surface area contributed by atoms with Gasteiger partial charge in [-0.05, 0) is 0 Å². The van der Waals surface area contributed by atoms with Crippen LogP contribution in [0.2, 0.25) is 0 Å². The zero-order valence-electron chi connectivity index (χ0n) is 6.37. The Bertz CT molecular complexity index is 583. The van der Waals surface area contributed by atoms with E-state index in [2.05, 4.69) is 17.9 Å². The Morgan fingerprint density at radius 1 is 1.08 bits per heavy atom. The Morgan fingerprint density at radius 3 is 2.15 bits per heavy atom. The zero-order chi connectivity index (χ0) is 8.84. The molecule has 0 aliphatic heterocycles. The van der Waals surface area contributed by atoms with E-state index in [0.29, 0.717) is 0 Å². The standard InChI is InChI=1S/C7H4N4OSe/c12-7-8-3-1-5-6(11-13-10-5)2-4(3)9-7/h1-2H,(H2,8,9,12). The molecule has 0 amide bonds. The Balaban J connectivity index is 2.62. The third-order valence-corrected chi connectivity index (χ3v) is 3.06. The summed E-state index contributed by atoms with van der Waals surface area (Å²) in [6.45, 7) is 0. The van der Waals surface area contributed by atoms with Crippen LogP contribution >= 0.6 is 0 Å². The van der Waals surface area contributed by atoms with Crippen LogP contribution in [-0.2, 0) is 0 Å². The summed E-state index contributed by atoms with van der Waals surface area (Å²) in [7, 11) is 0. The Morgan fingerprint density at radius 2 is 1.62 bits per heavy atom. The second kappa shape index (κ2) is 2.31. The van der Waals surface area contributed by atoms with Crippen LogP contribution in [-0.4, -0.2) is 32.9 Å². The fourth-order valence-electron chi connectivity index (χ4n) is 1.31. The van der Waals surface area contributed by atoms with Gasteiger partial charge in [-0.15, -0.1) is 0 Å². The number of rotatable bonds is 0. The third-order valence-electron chi connectivity index (χ3n) is 1.89. The Kier molecular flexibility index (Phi) is 1.25. The van der Waals surface area contributed by atoms with Gasteiger partial charge >= 0.3 is 77.6 Å². The molecule has 2 N–H and O–H groups in total. The van der Waals surface area contributed by atoms with Crippen LogP contribution in [0.4, 0.5) is 0 Å². The minimum absolute atomic E-state index is 0.0125. The molecule has 3 rings (SSSR count). The predicted molar refractivity (Wildman–Crippen MR) is 49.0 cm³/mol. The monoisotopic (exact) mass is 240 g/mol. The number of hydrogen-bond acceptors (Lipinski definition) is 3. The molecule has 6 heteroatoms. The predicted octanol–water partition coefficient (Wildman–Crippen LogP) is -0.144. The average Bonchev–Trinajstić information content (AvgIpc) is 2.63. The Labute approximate surface area is 78.0 Å². The summed E-state index contributed by atoms with van der Waals surface area (Å²) >= 11 is -0.0125. The van der Waals surface area contributed by atoms with Gasteiger partial charge in [0.05, 0.1) is 0 Å². The summed E-state index contributed by atoms with van der Waals surface area (Å²) in [5.41, 5.74) is 3.15. The van der Waals surface area contributed by atoms with Crippen molar-refractivity contribution < 1.29 is 0 Å². The molecule has 2 heterocycles. The van der Waals surface area contributed by atoms with E-state index in [9.17, 15) is 4.79 Å². The van der Waals surface area contributed by atoms with E-state index < -0.39 is 0 Å². The molecule has 0 aliphatic carbocycles. The maximum absolute atomic E-state index is 10.9. The van der Waals surface area contributed by atoms with Crippen molar-refractivity contribution in [3.05, 3.63) is 22.6 Å². The molecule has 13 heavy (non-hydrogen) atoms. The van der Waals surface area contributed by atoms with Gasteiger partial charge < -0.3 is 0 Å². The SMILES string of the molecule is O=c1[nH]c2cc3n[se]nc3cc2[nH]1. The van der Waals surface area contributed by atoms with Crippen molar-refractivity contribution in [2.24, 2.45) is 0 Å². The number of hydrogen-bond donors (Lipinski definition) is 2. The number of nitrogens with zero attached hydrogens (tertiary/aromatic N) is 2. The van der Waals surface area contributed by atoms with E-state index in [1.807, 2.05) is 12.1 Å². The van der Waals surface area contributed by atoms with Gasteiger partial charge in [-0.3, -0.25) is 0 Å². The molecule has 0 fully saturated rings. The van der Waals surface area contributed by atoms with E-state index in [1.54, 1.807) is 0 Å². The third kappa shape index (κ3) is 0.961. The summed E-state index contributed by atoms with van der Waals surface area (Å²) in [5, 5.41) is 0. The van der Waals surface area contributed by atoms with Gasteiger partial charge in [0.15, 0.2) is 0 Å². The number of aromatic nitrogens is 4. The quantitative estimate of drug-likeness (QED) is 0.536. The fourth-order valence-corrected chi connectivity index (χ4v) is 2.38. The zero-order valence-corrected chi connectivity index (χ0v) is 8.08. The summed E-state index contributed by atoms with van der Waals surface area (Å²) in [4.78, 5) is 16.3. The second-order valence-corrected chi connectivity index (χ2v) is 3.84. The van der Waals surface area contributed by atoms with Crippen LogP contribution in [0, 0.1) is 0 Å². The molecular weight excluding hydrogens is 235 g/mol. The summed E-state index contributed by atoms with van der Waals surface area (Å²) in [6, 6.07) is 3.70. The van der Waals surface area contributed by atoms with E-state index in [4.69, 9.17) is 0 Å². The van der Waals surface area contributed by atoms with Crippen molar-refractivity contribution in [1.82, 2.24) is 17.9 Å². The average molecular weight is 239 g/mol. The van der Waals surface area contributed by atoms with Crippen molar-refractivity contribution >= 4 is 37.0 Å². The van der Waals surface area contributed by atoms with Gasteiger partial charge in [-0.25, -0.2) is 0 Å². The molecule has 3 aromatic rings. The number of aromatic amines is 2. The van der Waals surface area contributed by atoms with E-state index >= 15 is 0 Å². The van der Waals surface area contributed by atoms with Crippen molar-refractivity contribution in [1.29, 1.82) is 0 Å². The van der Waals surface area contributed by atoms with Crippen molar-refractivity contribution in [3.8, 4) is 0 Å². The summed E-state index contributed by atoms with van der Waals surface area (Å²) in [6.07, 6.45) is 0. The Hall–Kier alpha value is -1.39. The van der Waals surface area contributed by atoms with Crippen molar-refractivity contribution in [2.45, 2.75) is 0 Å². The molecule has 64 valence electrons. The molecule has 0 bridgehead atoms. The number of H-pyrrole nitrogens is 2. The number of benzene rings is 1. The van der Waals surface area contributed by atoms with Gasteiger partial charge in [0.2, 0.25) is 0 Å². The normalized spacial score (nSPS) is 11.4. The van der Waals surface area contributed by atoms with Gasteiger partial charge in [-0.1, -0.05) is 0 Å².